The van der Waals surface area contributed by atoms with Crippen LogP contribution in [0.5, 0.6) is 0 Å². The second kappa shape index (κ2) is 6.89. The Morgan fingerprint density at radius 3 is 2.33 bits per heavy atom. The van der Waals surface area contributed by atoms with Gasteiger partial charge in [-0.1, -0.05) is 31.2 Å². The summed E-state index contributed by atoms with van der Waals surface area (Å²) in [6.07, 6.45) is 0.971. The molecule has 0 fully saturated rings. The summed E-state index contributed by atoms with van der Waals surface area (Å²) in [5.41, 5.74) is -1.02. The fourth-order valence-electron chi connectivity index (χ4n) is 1.91. The van der Waals surface area contributed by atoms with Crippen molar-refractivity contribution in [3.8, 4) is 0 Å². The van der Waals surface area contributed by atoms with Gasteiger partial charge in [0.15, 0.2) is 0 Å². The van der Waals surface area contributed by atoms with Gasteiger partial charge in [-0.15, -0.1) is 0 Å². The fraction of sp³-hybridized carbons (Fsp3) is 0.250. The summed E-state index contributed by atoms with van der Waals surface area (Å²) < 4.78 is 36.7. The predicted octanol–water partition coefficient (Wildman–Crippen LogP) is 5.47. The standard InChI is InChI=1S/C16H16F3NS/c1-2-12-4-3-5-14(10-12)20-11-13-6-8-15(9-7-13)21-16(17,18)19/h3-10,20H,2,11H2,1H3. The summed E-state index contributed by atoms with van der Waals surface area (Å²) in [4.78, 5) is 0.208. The second-order valence-corrected chi connectivity index (χ2v) is 5.74. The molecule has 2 aromatic carbocycles. The van der Waals surface area contributed by atoms with Gasteiger partial charge in [0.05, 0.1) is 0 Å². The average Bonchev–Trinajstić information content (AvgIpc) is 2.45. The Balaban J connectivity index is 1.94. The number of anilines is 1. The Labute approximate surface area is 126 Å². The minimum atomic E-state index is -4.24. The van der Waals surface area contributed by atoms with Crippen LogP contribution in [0.3, 0.4) is 0 Å². The van der Waals surface area contributed by atoms with Gasteiger partial charge in [0.25, 0.3) is 0 Å². The number of alkyl halides is 3. The van der Waals surface area contributed by atoms with E-state index in [4.69, 9.17) is 0 Å². The van der Waals surface area contributed by atoms with E-state index in [-0.39, 0.29) is 16.7 Å². The molecule has 0 aromatic heterocycles. The Morgan fingerprint density at radius 1 is 1.00 bits per heavy atom. The average molecular weight is 311 g/mol. The predicted molar refractivity (Wildman–Crippen MR) is 81.5 cm³/mol. The molecular weight excluding hydrogens is 295 g/mol. The largest absolute Gasteiger partial charge is 0.446 e. The van der Waals surface area contributed by atoms with E-state index in [1.807, 2.05) is 12.1 Å². The number of thioether (sulfide) groups is 1. The lowest BCUT2D eigenvalue weighted by Gasteiger charge is -2.09. The van der Waals surface area contributed by atoms with Crippen LogP contribution in [0, 0.1) is 0 Å². The van der Waals surface area contributed by atoms with Crippen LogP contribution in [0.25, 0.3) is 0 Å². The van der Waals surface area contributed by atoms with E-state index in [9.17, 15) is 13.2 Å². The highest BCUT2D eigenvalue weighted by atomic mass is 32.2. The molecule has 0 spiro atoms. The number of rotatable bonds is 5. The topological polar surface area (TPSA) is 12.0 Å². The molecule has 2 aromatic rings. The van der Waals surface area contributed by atoms with E-state index >= 15 is 0 Å². The highest BCUT2D eigenvalue weighted by molar-refractivity contribution is 8.00. The van der Waals surface area contributed by atoms with Gasteiger partial charge < -0.3 is 5.32 Å². The monoisotopic (exact) mass is 311 g/mol. The van der Waals surface area contributed by atoms with Crippen LogP contribution >= 0.6 is 11.8 Å². The van der Waals surface area contributed by atoms with Crippen molar-refractivity contribution in [1.82, 2.24) is 0 Å². The molecule has 0 saturated carbocycles. The summed E-state index contributed by atoms with van der Waals surface area (Å²) >= 11 is -0.0916. The molecule has 0 radical (unpaired) electrons. The Hall–Kier alpha value is -1.62. The molecule has 0 heterocycles. The lowest BCUT2D eigenvalue weighted by molar-refractivity contribution is -0.0328. The highest BCUT2D eigenvalue weighted by Crippen LogP contribution is 2.36. The normalized spacial score (nSPS) is 11.4. The van der Waals surface area contributed by atoms with Crippen molar-refractivity contribution >= 4 is 17.4 Å². The first-order valence-electron chi connectivity index (χ1n) is 6.64. The van der Waals surface area contributed by atoms with Crippen molar-refractivity contribution in [2.45, 2.75) is 30.3 Å². The second-order valence-electron chi connectivity index (χ2n) is 4.60. The molecule has 2 rings (SSSR count). The number of hydrogen-bond donors (Lipinski definition) is 1. The molecule has 1 N–H and O–H groups in total. The van der Waals surface area contributed by atoms with Gasteiger partial charge >= 0.3 is 5.51 Å². The van der Waals surface area contributed by atoms with Gasteiger partial charge in [-0.25, -0.2) is 0 Å². The van der Waals surface area contributed by atoms with Gasteiger partial charge in [-0.2, -0.15) is 13.2 Å². The Kier molecular flexibility index (Phi) is 5.17. The van der Waals surface area contributed by atoms with Gasteiger partial charge in [0, 0.05) is 17.1 Å². The van der Waals surface area contributed by atoms with Crippen LogP contribution < -0.4 is 5.32 Å². The zero-order valence-corrected chi connectivity index (χ0v) is 12.4. The zero-order valence-electron chi connectivity index (χ0n) is 11.6. The van der Waals surface area contributed by atoms with Crippen molar-refractivity contribution in [2.24, 2.45) is 0 Å². The lowest BCUT2D eigenvalue weighted by Crippen LogP contribution is -2.01. The first-order valence-corrected chi connectivity index (χ1v) is 7.45. The summed E-state index contributed by atoms with van der Waals surface area (Å²) in [7, 11) is 0. The minimum Gasteiger partial charge on any atom is -0.381 e. The number of hydrogen-bond acceptors (Lipinski definition) is 2. The van der Waals surface area contributed by atoms with Crippen molar-refractivity contribution in [1.29, 1.82) is 0 Å². The van der Waals surface area contributed by atoms with E-state index < -0.39 is 5.51 Å². The third-order valence-corrected chi connectivity index (χ3v) is 3.73. The number of benzene rings is 2. The molecule has 112 valence electrons. The smallest absolute Gasteiger partial charge is 0.381 e. The Morgan fingerprint density at radius 2 is 1.71 bits per heavy atom. The number of aryl methyl sites for hydroxylation is 1. The van der Waals surface area contributed by atoms with Crippen LogP contribution in [0.2, 0.25) is 0 Å². The van der Waals surface area contributed by atoms with Gasteiger partial charge in [-0.05, 0) is 53.6 Å². The third-order valence-electron chi connectivity index (χ3n) is 2.99. The van der Waals surface area contributed by atoms with Crippen LogP contribution in [-0.2, 0) is 13.0 Å². The molecule has 0 atom stereocenters. The van der Waals surface area contributed by atoms with Crippen molar-refractivity contribution in [2.75, 3.05) is 5.32 Å². The summed E-state index contributed by atoms with van der Waals surface area (Å²) in [5.74, 6) is 0. The van der Waals surface area contributed by atoms with Crippen molar-refractivity contribution < 1.29 is 13.2 Å². The van der Waals surface area contributed by atoms with E-state index in [2.05, 4.69) is 24.4 Å². The summed E-state index contributed by atoms with van der Waals surface area (Å²) in [6.45, 7) is 2.68. The maximum Gasteiger partial charge on any atom is 0.446 e. The summed E-state index contributed by atoms with van der Waals surface area (Å²) in [5, 5.41) is 3.27. The van der Waals surface area contributed by atoms with Crippen LogP contribution in [0.4, 0.5) is 18.9 Å². The quantitative estimate of drug-likeness (QED) is 0.735. The number of nitrogens with one attached hydrogen (secondary N) is 1. The maximum atomic E-state index is 12.2. The van der Waals surface area contributed by atoms with Crippen molar-refractivity contribution in [3.05, 3.63) is 59.7 Å². The molecule has 21 heavy (non-hydrogen) atoms. The molecular formula is C16H16F3NS. The molecule has 0 saturated heterocycles. The molecule has 0 aliphatic heterocycles. The fourth-order valence-corrected chi connectivity index (χ4v) is 2.45. The molecule has 0 amide bonds. The van der Waals surface area contributed by atoms with Crippen LogP contribution in [0.1, 0.15) is 18.1 Å². The van der Waals surface area contributed by atoms with E-state index in [1.54, 1.807) is 12.1 Å². The van der Waals surface area contributed by atoms with Gasteiger partial charge in [0.1, 0.15) is 0 Å². The molecule has 1 nitrogen and oxygen atoms in total. The Bertz CT molecular complexity index is 579. The van der Waals surface area contributed by atoms with Crippen molar-refractivity contribution in [3.63, 3.8) is 0 Å². The first kappa shape index (κ1) is 15.8. The molecule has 0 aliphatic rings. The van der Waals surface area contributed by atoms with E-state index in [0.717, 1.165) is 17.7 Å². The third kappa shape index (κ3) is 5.34. The molecule has 0 aliphatic carbocycles. The zero-order chi connectivity index (χ0) is 15.3. The van der Waals surface area contributed by atoms with Gasteiger partial charge in [0.2, 0.25) is 0 Å². The summed E-state index contributed by atoms with van der Waals surface area (Å²) in [6, 6.07) is 14.5. The minimum absolute atomic E-state index is 0.0916. The van der Waals surface area contributed by atoms with E-state index in [1.165, 1.54) is 17.7 Å². The van der Waals surface area contributed by atoms with Crippen LogP contribution in [0.15, 0.2) is 53.4 Å². The SMILES string of the molecule is CCc1cccc(NCc2ccc(SC(F)(F)F)cc2)c1. The molecule has 0 unspecified atom stereocenters. The molecule has 5 heteroatoms. The van der Waals surface area contributed by atoms with Crippen LogP contribution in [-0.4, -0.2) is 5.51 Å². The number of halogens is 3. The highest BCUT2D eigenvalue weighted by Gasteiger charge is 2.28. The lowest BCUT2D eigenvalue weighted by atomic mass is 10.1. The maximum absolute atomic E-state index is 12.2. The van der Waals surface area contributed by atoms with Gasteiger partial charge in [-0.3, -0.25) is 0 Å². The van der Waals surface area contributed by atoms with E-state index in [0.29, 0.717) is 6.54 Å². The molecule has 0 bridgehead atoms. The first-order chi connectivity index (χ1) is 9.96.